The molecular weight excluding hydrogens is 340 g/mol. The number of hydrogen-bond acceptors (Lipinski definition) is 4. The molecule has 2 aliphatic rings. The van der Waals surface area contributed by atoms with Crippen molar-refractivity contribution in [1.29, 1.82) is 0 Å². The molecule has 0 unspecified atom stereocenters. The molecular formula is C22H24N2O3. The van der Waals surface area contributed by atoms with E-state index in [2.05, 4.69) is 5.10 Å². The number of rotatable bonds is 3. The van der Waals surface area contributed by atoms with Gasteiger partial charge in [-0.05, 0) is 49.4 Å². The van der Waals surface area contributed by atoms with Crippen LogP contribution in [0.3, 0.4) is 0 Å². The van der Waals surface area contributed by atoms with E-state index in [-0.39, 0.29) is 24.5 Å². The lowest BCUT2D eigenvalue weighted by Gasteiger charge is -2.30. The summed E-state index contributed by atoms with van der Waals surface area (Å²) in [4.78, 5) is 12.7. The highest BCUT2D eigenvalue weighted by molar-refractivity contribution is 6.07. The molecule has 27 heavy (non-hydrogen) atoms. The zero-order valence-electron chi connectivity index (χ0n) is 15.6. The molecule has 0 spiro atoms. The molecule has 0 aromatic heterocycles. The third-order valence-electron chi connectivity index (χ3n) is 5.57. The Balaban J connectivity index is 1.81. The average molecular weight is 364 g/mol. The quantitative estimate of drug-likeness (QED) is 0.880. The Bertz CT molecular complexity index is 902. The largest absolute Gasteiger partial charge is 0.392 e. The van der Waals surface area contributed by atoms with Gasteiger partial charge in [-0.3, -0.25) is 4.79 Å². The van der Waals surface area contributed by atoms with Gasteiger partial charge in [-0.2, -0.15) is 5.10 Å². The second-order valence-electron chi connectivity index (χ2n) is 7.49. The molecule has 1 aliphatic heterocycles. The zero-order valence-corrected chi connectivity index (χ0v) is 15.6. The lowest BCUT2D eigenvalue weighted by molar-refractivity contribution is -0.141. The van der Waals surface area contributed by atoms with Crippen molar-refractivity contribution in [3.63, 3.8) is 0 Å². The standard InChI is InChI=1S/C22H24N2O3/c1-13-3-6-17(7-4-13)21-18-10-9-16-8-5-15(12-25)11-19(16)20(18)23-24(21)22(27)14(2)26/h3-8,11,14,18,21,25-26H,9-10,12H2,1-2H3/t14-,18+,21+/m0/s1. The molecule has 3 atom stereocenters. The summed E-state index contributed by atoms with van der Waals surface area (Å²) in [5.41, 5.74) is 6.11. The van der Waals surface area contributed by atoms with Gasteiger partial charge in [0.15, 0.2) is 0 Å². The molecule has 4 rings (SSSR count). The number of amides is 1. The molecule has 2 aromatic rings. The number of fused-ring (bicyclic) bond motifs is 3. The predicted octanol–water partition coefficient (Wildman–Crippen LogP) is 2.72. The van der Waals surface area contributed by atoms with Gasteiger partial charge in [-0.15, -0.1) is 0 Å². The smallest absolute Gasteiger partial charge is 0.271 e. The van der Waals surface area contributed by atoms with Crippen LogP contribution in [0.25, 0.3) is 0 Å². The fourth-order valence-corrected chi connectivity index (χ4v) is 4.12. The molecule has 1 aliphatic carbocycles. The molecule has 5 nitrogen and oxygen atoms in total. The topological polar surface area (TPSA) is 73.1 Å². The van der Waals surface area contributed by atoms with Crippen LogP contribution in [0.5, 0.6) is 0 Å². The van der Waals surface area contributed by atoms with E-state index < -0.39 is 6.10 Å². The second-order valence-corrected chi connectivity index (χ2v) is 7.49. The monoisotopic (exact) mass is 364 g/mol. The van der Waals surface area contributed by atoms with Crippen LogP contribution in [-0.2, 0) is 17.8 Å². The first-order valence-corrected chi connectivity index (χ1v) is 9.39. The van der Waals surface area contributed by atoms with Crippen LogP contribution in [0.1, 0.15) is 47.2 Å². The van der Waals surface area contributed by atoms with E-state index in [1.807, 2.05) is 49.4 Å². The van der Waals surface area contributed by atoms with Crippen molar-refractivity contribution in [3.8, 4) is 0 Å². The fourth-order valence-electron chi connectivity index (χ4n) is 4.12. The number of aliphatic hydroxyl groups excluding tert-OH is 2. The Kier molecular flexibility index (Phi) is 4.58. The van der Waals surface area contributed by atoms with Crippen molar-refractivity contribution in [2.24, 2.45) is 11.0 Å². The van der Waals surface area contributed by atoms with E-state index in [1.54, 1.807) is 0 Å². The number of aryl methyl sites for hydroxylation is 2. The molecule has 2 N–H and O–H groups in total. The highest BCUT2D eigenvalue weighted by atomic mass is 16.3. The lowest BCUT2D eigenvalue weighted by atomic mass is 9.77. The number of carbonyl (C=O) groups is 1. The minimum atomic E-state index is -1.11. The Labute approximate surface area is 159 Å². The van der Waals surface area contributed by atoms with Crippen molar-refractivity contribution in [2.45, 2.75) is 45.4 Å². The maximum absolute atomic E-state index is 12.7. The van der Waals surface area contributed by atoms with Gasteiger partial charge < -0.3 is 10.2 Å². The summed E-state index contributed by atoms with van der Waals surface area (Å²) in [6, 6.07) is 13.9. The van der Waals surface area contributed by atoms with E-state index in [0.717, 1.165) is 40.8 Å². The van der Waals surface area contributed by atoms with Crippen molar-refractivity contribution in [3.05, 3.63) is 70.3 Å². The minimum Gasteiger partial charge on any atom is -0.392 e. The lowest BCUT2D eigenvalue weighted by Crippen LogP contribution is -2.37. The normalized spacial score (nSPS) is 22.1. The summed E-state index contributed by atoms with van der Waals surface area (Å²) in [7, 11) is 0. The van der Waals surface area contributed by atoms with Gasteiger partial charge in [-0.25, -0.2) is 5.01 Å². The van der Waals surface area contributed by atoms with Crippen LogP contribution in [0.2, 0.25) is 0 Å². The summed E-state index contributed by atoms with van der Waals surface area (Å²) in [6.07, 6.45) is 0.696. The number of hydrazone groups is 1. The van der Waals surface area contributed by atoms with E-state index in [4.69, 9.17) is 0 Å². The van der Waals surface area contributed by atoms with Gasteiger partial charge in [0.05, 0.1) is 18.4 Å². The number of carbonyl (C=O) groups excluding carboxylic acids is 1. The van der Waals surface area contributed by atoms with Crippen molar-refractivity contribution < 1.29 is 15.0 Å². The fraction of sp³-hybridized carbons (Fsp3) is 0.364. The minimum absolute atomic E-state index is 0.0249. The molecule has 0 fully saturated rings. The summed E-state index contributed by atoms with van der Waals surface area (Å²) in [6.45, 7) is 3.49. The number of nitrogens with zero attached hydrogens (tertiary/aromatic N) is 2. The summed E-state index contributed by atoms with van der Waals surface area (Å²) >= 11 is 0. The third kappa shape index (κ3) is 3.07. The number of aliphatic hydroxyl groups is 2. The molecule has 2 aromatic carbocycles. The SMILES string of the molecule is Cc1ccc([C@@H]2[C@@H]3CCc4ccc(CO)cc4C3=NN2C(=O)[C@H](C)O)cc1. The number of benzene rings is 2. The third-order valence-corrected chi connectivity index (χ3v) is 5.57. The van der Waals surface area contributed by atoms with Gasteiger partial charge in [0.25, 0.3) is 5.91 Å². The Hall–Kier alpha value is -2.50. The maximum atomic E-state index is 12.7. The van der Waals surface area contributed by atoms with Gasteiger partial charge in [0, 0.05) is 11.5 Å². The molecule has 0 radical (unpaired) electrons. The molecule has 0 saturated heterocycles. The van der Waals surface area contributed by atoms with Crippen LogP contribution in [-0.4, -0.2) is 32.9 Å². The molecule has 140 valence electrons. The van der Waals surface area contributed by atoms with E-state index in [0.29, 0.717) is 0 Å². The van der Waals surface area contributed by atoms with Crippen LogP contribution in [0, 0.1) is 12.8 Å². The highest BCUT2D eigenvalue weighted by Crippen LogP contribution is 2.43. The van der Waals surface area contributed by atoms with E-state index in [1.165, 1.54) is 17.5 Å². The average Bonchev–Trinajstić information content (AvgIpc) is 3.07. The van der Waals surface area contributed by atoms with Gasteiger partial charge in [-0.1, -0.05) is 42.0 Å². The van der Waals surface area contributed by atoms with Crippen molar-refractivity contribution in [2.75, 3.05) is 0 Å². The molecule has 5 heteroatoms. The Morgan fingerprint density at radius 1 is 1.26 bits per heavy atom. The zero-order chi connectivity index (χ0) is 19.1. The van der Waals surface area contributed by atoms with Crippen LogP contribution in [0.15, 0.2) is 47.6 Å². The van der Waals surface area contributed by atoms with E-state index in [9.17, 15) is 15.0 Å². The van der Waals surface area contributed by atoms with Crippen molar-refractivity contribution >= 4 is 11.6 Å². The predicted molar refractivity (Wildman–Crippen MR) is 103 cm³/mol. The van der Waals surface area contributed by atoms with Gasteiger partial charge in [0.2, 0.25) is 0 Å². The molecule has 0 saturated carbocycles. The first-order valence-electron chi connectivity index (χ1n) is 9.39. The first kappa shape index (κ1) is 17.9. The molecule has 1 amide bonds. The number of hydrogen-bond donors (Lipinski definition) is 2. The van der Waals surface area contributed by atoms with Crippen LogP contribution in [0.4, 0.5) is 0 Å². The summed E-state index contributed by atoms with van der Waals surface area (Å²) < 4.78 is 0. The van der Waals surface area contributed by atoms with Gasteiger partial charge in [0.1, 0.15) is 6.10 Å². The maximum Gasteiger partial charge on any atom is 0.271 e. The highest BCUT2D eigenvalue weighted by Gasteiger charge is 2.44. The van der Waals surface area contributed by atoms with E-state index >= 15 is 0 Å². The Morgan fingerprint density at radius 2 is 2.00 bits per heavy atom. The second kappa shape index (κ2) is 6.91. The van der Waals surface area contributed by atoms with Crippen molar-refractivity contribution in [1.82, 2.24) is 5.01 Å². The Morgan fingerprint density at radius 3 is 2.67 bits per heavy atom. The molecule has 0 bridgehead atoms. The summed E-state index contributed by atoms with van der Waals surface area (Å²) in [5, 5.41) is 25.6. The van der Waals surface area contributed by atoms with Crippen LogP contribution < -0.4 is 0 Å². The summed E-state index contributed by atoms with van der Waals surface area (Å²) in [5.74, 6) is -0.306. The van der Waals surface area contributed by atoms with Crippen LogP contribution >= 0.6 is 0 Å². The van der Waals surface area contributed by atoms with Gasteiger partial charge >= 0.3 is 0 Å². The first-order chi connectivity index (χ1) is 13.0. The molecule has 1 heterocycles.